The van der Waals surface area contributed by atoms with Crippen LogP contribution in [0.1, 0.15) is 52.1 Å². The summed E-state index contributed by atoms with van der Waals surface area (Å²) in [6.07, 6.45) is 0. The third-order valence-corrected chi connectivity index (χ3v) is 5.38. The van der Waals surface area contributed by atoms with Crippen LogP contribution in [0.25, 0.3) is 0 Å². The van der Waals surface area contributed by atoms with Crippen molar-refractivity contribution in [3.05, 3.63) is 50.8 Å². The van der Waals surface area contributed by atoms with Gasteiger partial charge in [-0.15, -0.1) is 11.3 Å². The van der Waals surface area contributed by atoms with Gasteiger partial charge in [0, 0.05) is 23.2 Å². The third kappa shape index (κ3) is 3.64. The van der Waals surface area contributed by atoms with E-state index >= 15 is 0 Å². The zero-order chi connectivity index (χ0) is 18.1. The van der Waals surface area contributed by atoms with Gasteiger partial charge in [-0.3, -0.25) is 4.79 Å². The Kier molecular flexibility index (Phi) is 5.08. The lowest BCUT2D eigenvalue weighted by Gasteiger charge is -2.17. The smallest absolute Gasteiger partial charge is 0.337 e. The topological polar surface area (TPSA) is 60.7 Å². The molecule has 24 heavy (non-hydrogen) atoms. The molecule has 0 aliphatic carbocycles. The van der Waals surface area contributed by atoms with Gasteiger partial charge in [-0.05, 0) is 30.5 Å². The molecule has 2 rings (SSSR count). The van der Waals surface area contributed by atoms with Crippen LogP contribution in [0.4, 0.5) is 0 Å². The first kappa shape index (κ1) is 18.1. The molecule has 0 bridgehead atoms. The van der Waals surface area contributed by atoms with Crippen LogP contribution < -0.4 is 4.80 Å². The Morgan fingerprint density at radius 3 is 2.38 bits per heavy atom. The largest absolute Gasteiger partial charge is 0.465 e. The van der Waals surface area contributed by atoms with Crippen molar-refractivity contribution in [2.45, 2.75) is 33.1 Å². The molecule has 0 unspecified atom stereocenters. The molecule has 1 heterocycles. The number of aromatic nitrogens is 1. The van der Waals surface area contributed by atoms with Gasteiger partial charge in [0.05, 0.1) is 12.7 Å². The highest BCUT2D eigenvalue weighted by molar-refractivity contribution is 7.09. The van der Waals surface area contributed by atoms with Crippen molar-refractivity contribution < 1.29 is 14.3 Å². The van der Waals surface area contributed by atoms with Crippen LogP contribution in [-0.4, -0.2) is 23.6 Å². The van der Waals surface area contributed by atoms with Gasteiger partial charge in [-0.2, -0.15) is 4.99 Å². The number of ether oxygens (including phenoxy) is 1. The maximum Gasteiger partial charge on any atom is 0.337 e. The van der Waals surface area contributed by atoms with Crippen molar-refractivity contribution in [2.75, 3.05) is 7.11 Å². The highest BCUT2D eigenvalue weighted by atomic mass is 32.1. The number of hydrogen-bond donors (Lipinski definition) is 0. The van der Waals surface area contributed by atoms with E-state index in [9.17, 15) is 9.59 Å². The predicted molar refractivity (Wildman–Crippen MR) is 94.4 cm³/mol. The van der Waals surface area contributed by atoms with Gasteiger partial charge < -0.3 is 9.30 Å². The molecule has 0 fully saturated rings. The minimum absolute atomic E-state index is 0.00583. The van der Waals surface area contributed by atoms with Gasteiger partial charge in [0.2, 0.25) is 0 Å². The number of amides is 1. The molecular weight excluding hydrogens is 324 g/mol. The van der Waals surface area contributed by atoms with Crippen molar-refractivity contribution in [1.82, 2.24) is 4.57 Å². The Balaban J connectivity index is 2.46. The summed E-state index contributed by atoms with van der Waals surface area (Å²) < 4.78 is 6.61. The molecule has 0 saturated heterocycles. The lowest BCUT2D eigenvalue weighted by atomic mass is 9.93. The standard InChI is InChI=1S/C18H22N2O3S/c1-11-14(18(2,3)4)24-17(20(11)5)19-15(21)12-8-7-9-13(10-12)16(22)23-6/h7-10H,1-6H3. The van der Waals surface area contributed by atoms with Crippen molar-refractivity contribution >= 4 is 23.2 Å². The number of methoxy groups -OCH3 is 1. The number of rotatable bonds is 2. The summed E-state index contributed by atoms with van der Waals surface area (Å²) in [5, 5.41) is 0. The molecule has 2 aromatic rings. The zero-order valence-corrected chi connectivity index (χ0v) is 15.7. The molecule has 6 heteroatoms. The number of carbonyl (C=O) groups excluding carboxylic acids is 2. The predicted octanol–water partition coefficient (Wildman–Crippen LogP) is 3.22. The second-order valence-corrected chi connectivity index (χ2v) is 7.58. The van der Waals surface area contributed by atoms with E-state index in [1.165, 1.54) is 29.4 Å². The first-order chi connectivity index (χ1) is 11.1. The Morgan fingerprint density at radius 2 is 1.83 bits per heavy atom. The molecule has 1 aromatic heterocycles. The van der Waals surface area contributed by atoms with Crippen LogP contribution in [0.2, 0.25) is 0 Å². The van der Waals surface area contributed by atoms with E-state index in [0.717, 1.165) is 5.69 Å². The van der Waals surface area contributed by atoms with E-state index in [4.69, 9.17) is 0 Å². The SMILES string of the molecule is COC(=O)c1cccc(C(=O)N=c2sc(C(C)(C)C)c(C)n2C)c1. The summed E-state index contributed by atoms with van der Waals surface area (Å²) in [7, 11) is 3.21. The molecule has 0 saturated carbocycles. The maximum absolute atomic E-state index is 12.5. The number of esters is 1. The summed E-state index contributed by atoms with van der Waals surface area (Å²) in [6.45, 7) is 8.43. The van der Waals surface area contributed by atoms with Gasteiger partial charge in [0.1, 0.15) is 0 Å². The average Bonchev–Trinajstić information content (AvgIpc) is 2.82. The lowest BCUT2D eigenvalue weighted by molar-refractivity contribution is 0.0600. The summed E-state index contributed by atoms with van der Waals surface area (Å²) in [5.74, 6) is -0.852. The second-order valence-electron chi connectivity index (χ2n) is 6.60. The van der Waals surface area contributed by atoms with Crippen LogP contribution in [0.3, 0.4) is 0 Å². The molecule has 1 aromatic carbocycles. The normalized spacial score (nSPS) is 12.3. The van der Waals surface area contributed by atoms with Crippen molar-refractivity contribution in [2.24, 2.45) is 12.0 Å². The highest BCUT2D eigenvalue weighted by Crippen LogP contribution is 2.27. The monoisotopic (exact) mass is 346 g/mol. The summed E-state index contributed by atoms with van der Waals surface area (Å²) >= 11 is 1.51. The number of carbonyl (C=O) groups is 2. The highest BCUT2D eigenvalue weighted by Gasteiger charge is 2.21. The van der Waals surface area contributed by atoms with Crippen molar-refractivity contribution in [3.8, 4) is 0 Å². The van der Waals surface area contributed by atoms with E-state index in [-0.39, 0.29) is 11.3 Å². The first-order valence-corrected chi connectivity index (χ1v) is 8.41. The molecule has 0 spiro atoms. The average molecular weight is 346 g/mol. The maximum atomic E-state index is 12.5. The van der Waals surface area contributed by atoms with Crippen LogP contribution in [0.5, 0.6) is 0 Å². The van der Waals surface area contributed by atoms with Crippen LogP contribution in [0.15, 0.2) is 29.3 Å². The molecule has 0 N–H and O–H groups in total. The van der Waals surface area contributed by atoms with E-state index < -0.39 is 5.97 Å². The van der Waals surface area contributed by atoms with Crippen molar-refractivity contribution in [3.63, 3.8) is 0 Å². The molecular formula is C18H22N2O3S. The number of benzene rings is 1. The summed E-state index contributed by atoms with van der Waals surface area (Å²) in [6, 6.07) is 6.40. The quantitative estimate of drug-likeness (QED) is 0.785. The molecule has 1 amide bonds. The van der Waals surface area contributed by atoms with Crippen molar-refractivity contribution in [1.29, 1.82) is 0 Å². The van der Waals surface area contributed by atoms with E-state index in [0.29, 0.717) is 15.9 Å². The number of hydrogen-bond acceptors (Lipinski definition) is 4. The fourth-order valence-corrected chi connectivity index (χ4v) is 3.55. The lowest BCUT2D eigenvalue weighted by Crippen LogP contribution is -2.15. The Bertz CT molecular complexity index is 854. The third-order valence-electron chi connectivity index (χ3n) is 3.72. The van der Waals surface area contributed by atoms with Crippen LogP contribution in [0, 0.1) is 6.92 Å². The summed E-state index contributed by atoms with van der Waals surface area (Å²) in [4.78, 5) is 30.1. The van der Waals surface area contributed by atoms with Gasteiger partial charge in [-0.25, -0.2) is 4.79 Å². The minimum Gasteiger partial charge on any atom is -0.465 e. The molecule has 0 aliphatic rings. The Morgan fingerprint density at radius 1 is 1.21 bits per heavy atom. The van der Waals surface area contributed by atoms with E-state index in [1.807, 2.05) is 18.5 Å². The van der Waals surface area contributed by atoms with Gasteiger partial charge >= 0.3 is 5.97 Å². The Labute approximate surface area is 145 Å². The summed E-state index contributed by atoms with van der Waals surface area (Å²) in [5.41, 5.74) is 1.79. The van der Waals surface area contributed by atoms with Crippen LogP contribution in [-0.2, 0) is 17.2 Å². The molecule has 0 radical (unpaired) electrons. The fraction of sp³-hybridized carbons (Fsp3) is 0.389. The van der Waals surface area contributed by atoms with Gasteiger partial charge in [0.25, 0.3) is 5.91 Å². The Hall–Kier alpha value is -2.21. The minimum atomic E-state index is -0.475. The second kappa shape index (κ2) is 6.73. The van der Waals surface area contributed by atoms with Crippen LogP contribution >= 0.6 is 11.3 Å². The van der Waals surface area contributed by atoms with E-state index in [2.05, 4.69) is 30.5 Å². The fourth-order valence-electron chi connectivity index (χ4n) is 2.37. The molecule has 5 nitrogen and oxygen atoms in total. The number of nitrogens with zero attached hydrogens (tertiary/aromatic N) is 2. The molecule has 0 aliphatic heterocycles. The number of thiazole rings is 1. The van der Waals surface area contributed by atoms with Gasteiger partial charge in [0.15, 0.2) is 4.80 Å². The van der Waals surface area contributed by atoms with E-state index in [1.54, 1.807) is 18.2 Å². The molecule has 128 valence electrons. The molecule has 0 atom stereocenters. The zero-order valence-electron chi connectivity index (χ0n) is 14.8. The first-order valence-electron chi connectivity index (χ1n) is 7.59. The van der Waals surface area contributed by atoms with Gasteiger partial charge in [-0.1, -0.05) is 26.8 Å².